The summed E-state index contributed by atoms with van der Waals surface area (Å²) in [5.41, 5.74) is 1.63. The number of furan rings is 1. The van der Waals surface area contributed by atoms with Crippen LogP contribution in [0.15, 0.2) is 51.4 Å². The summed E-state index contributed by atoms with van der Waals surface area (Å²) in [5, 5.41) is 10.7. The van der Waals surface area contributed by atoms with E-state index in [1.807, 2.05) is 48.5 Å². The second-order valence-corrected chi connectivity index (χ2v) is 5.83. The van der Waals surface area contributed by atoms with Gasteiger partial charge in [-0.1, -0.05) is 50.1 Å². The Hall–Kier alpha value is -1.77. The van der Waals surface area contributed by atoms with Gasteiger partial charge in [-0.2, -0.15) is 5.26 Å². The second kappa shape index (κ2) is 5.92. The Labute approximate surface area is 138 Å². The number of rotatable bonds is 3. The molecule has 0 fully saturated rings. The molecule has 104 valence electrons. The summed E-state index contributed by atoms with van der Waals surface area (Å²) in [4.78, 5) is 0. The van der Waals surface area contributed by atoms with E-state index in [2.05, 4.69) is 31.9 Å². The molecule has 21 heavy (non-hydrogen) atoms. The molecule has 3 nitrogen and oxygen atoms in total. The molecule has 0 amide bonds. The zero-order chi connectivity index (χ0) is 14.8. The van der Waals surface area contributed by atoms with Crippen LogP contribution in [-0.4, -0.2) is 0 Å². The first-order valence-electron chi connectivity index (χ1n) is 6.17. The van der Waals surface area contributed by atoms with Gasteiger partial charge in [0.1, 0.15) is 17.4 Å². The molecule has 0 spiro atoms. The highest BCUT2D eigenvalue weighted by Gasteiger charge is 2.17. The third kappa shape index (κ3) is 2.69. The van der Waals surface area contributed by atoms with Gasteiger partial charge in [0.25, 0.3) is 0 Å². The number of nitrogens with zero attached hydrogens (tertiary/aromatic N) is 1. The number of hydrogen-bond donors (Lipinski definition) is 0. The van der Waals surface area contributed by atoms with E-state index in [9.17, 15) is 5.26 Å². The van der Waals surface area contributed by atoms with E-state index >= 15 is 0 Å². The number of ether oxygens (including phenoxy) is 1. The predicted molar refractivity (Wildman–Crippen MR) is 87.8 cm³/mol. The summed E-state index contributed by atoms with van der Waals surface area (Å²) in [6.07, 6.45) is 0. The molecular weight excluding hydrogens is 398 g/mol. The SMILES string of the molecule is N#Cc1oc2ccccc2c1Oc1cc(Br)ccc1CBr. The fraction of sp³-hybridized carbons (Fsp3) is 0.0625. The Morgan fingerprint density at radius 2 is 2.00 bits per heavy atom. The molecule has 0 atom stereocenters. The molecule has 0 unspecified atom stereocenters. The largest absolute Gasteiger partial charge is 0.451 e. The summed E-state index contributed by atoms with van der Waals surface area (Å²) >= 11 is 6.87. The first-order chi connectivity index (χ1) is 10.2. The molecule has 3 rings (SSSR count). The van der Waals surface area contributed by atoms with Crippen molar-refractivity contribution in [1.82, 2.24) is 0 Å². The average molecular weight is 407 g/mol. The minimum atomic E-state index is 0.177. The molecule has 0 saturated heterocycles. The zero-order valence-electron chi connectivity index (χ0n) is 10.8. The molecule has 0 N–H and O–H groups in total. The quantitative estimate of drug-likeness (QED) is 0.520. The number of hydrogen-bond acceptors (Lipinski definition) is 3. The van der Waals surface area contributed by atoms with Gasteiger partial charge in [0.2, 0.25) is 5.76 Å². The van der Waals surface area contributed by atoms with Crippen molar-refractivity contribution >= 4 is 42.8 Å². The molecule has 2 aromatic carbocycles. The van der Waals surface area contributed by atoms with Crippen molar-refractivity contribution in [3.8, 4) is 17.6 Å². The lowest BCUT2D eigenvalue weighted by molar-refractivity contribution is 0.463. The van der Waals surface area contributed by atoms with Crippen LogP contribution in [-0.2, 0) is 5.33 Å². The van der Waals surface area contributed by atoms with Crippen molar-refractivity contribution in [2.24, 2.45) is 0 Å². The molecule has 0 bridgehead atoms. The minimum Gasteiger partial charge on any atom is -0.451 e. The first kappa shape index (κ1) is 14.2. The Morgan fingerprint density at radius 3 is 2.76 bits per heavy atom. The van der Waals surface area contributed by atoms with Crippen LogP contribution in [0.4, 0.5) is 0 Å². The first-order valence-corrected chi connectivity index (χ1v) is 8.08. The van der Waals surface area contributed by atoms with Gasteiger partial charge in [0.05, 0.1) is 5.39 Å². The summed E-state index contributed by atoms with van der Waals surface area (Å²) in [6, 6.07) is 15.3. The van der Waals surface area contributed by atoms with Crippen molar-refractivity contribution in [2.45, 2.75) is 5.33 Å². The predicted octanol–water partition coefficient (Wildman–Crippen LogP) is 5.75. The molecule has 0 aliphatic carbocycles. The van der Waals surface area contributed by atoms with E-state index < -0.39 is 0 Å². The van der Waals surface area contributed by atoms with Gasteiger partial charge in [-0.15, -0.1) is 0 Å². The van der Waals surface area contributed by atoms with Gasteiger partial charge >= 0.3 is 0 Å². The van der Waals surface area contributed by atoms with Crippen LogP contribution >= 0.6 is 31.9 Å². The highest BCUT2D eigenvalue weighted by Crippen LogP contribution is 2.38. The molecule has 3 aromatic rings. The fourth-order valence-corrected chi connectivity index (χ4v) is 2.84. The lowest BCUT2D eigenvalue weighted by atomic mass is 10.2. The number of para-hydroxylation sites is 1. The van der Waals surface area contributed by atoms with Crippen LogP contribution in [0.3, 0.4) is 0 Å². The highest BCUT2D eigenvalue weighted by atomic mass is 79.9. The van der Waals surface area contributed by atoms with Crippen LogP contribution in [0.5, 0.6) is 11.5 Å². The number of halogens is 2. The molecular formula is C16H9Br2NO2. The summed E-state index contributed by atoms with van der Waals surface area (Å²) in [5.74, 6) is 1.31. The lowest BCUT2D eigenvalue weighted by Crippen LogP contribution is -1.90. The Balaban J connectivity index is 2.14. The van der Waals surface area contributed by atoms with Gasteiger partial charge in [0.15, 0.2) is 5.75 Å². The van der Waals surface area contributed by atoms with Crippen LogP contribution in [0.25, 0.3) is 11.0 Å². The maximum Gasteiger partial charge on any atom is 0.247 e. The summed E-state index contributed by atoms with van der Waals surface area (Å²) in [6.45, 7) is 0. The van der Waals surface area contributed by atoms with Crippen LogP contribution in [0, 0.1) is 11.3 Å². The van der Waals surface area contributed by atoms with E-state index in [0.29, 0.717) is 22.4 Å². The lowest BCUT2D eigenvalue weighted by Gasteiger charge is -2.09. The van der Waals surface area contributed by atoms with Crippen molar-refractivity contribution in [3.05, 3.63) is 58.3 Å². The molecule has 5 heteroatoms. The third-order valence-corrected chi connectivity index (χ3v) is 4.13. The van der Waals surface area contributed by atoms with Crippen molar-refractivity contribution in [3.63, 3.8) is 0 Å². The van der Waals surface area contributed by atoms with Gasteiger partial charge < -0.3 is 9.15 Å². The van der Waals surface area contributed by atoms with Crippen molar-refractivity contribution in [2.75, 3.05) is 0 Å². The van der Waals surface area contributed by atoms with Crippen LogP contribution < -0.4 is 4.74 Å². The topological polar surface area (TPSA) is 46.2 Å². The van der Waals surface area contributed by atoms with E-state index in [1.54, 1.807) is 0 Å². The zero-order valence-corrected chi connectivity index (χ0v) is 13.9. The summed E-state index contributed by atoms with van der Waals surface area (Å²) in [7, 11) is 0. The minimum absolute atomic E-state index is 0.177. The van der Waals surface area contributed by atoms with Gasteiger partial charge in [-0.3, -0.25) is 0 Å². The van der Waals surface area contributed by atoms with Crippen LogP contribution in [0.1, 0.15) is 11.3 Å². The molecule has 1 aromatic heterocycles. The smallest absolute Gasteiger partial charge is 0.247 e. The highest BCUT2D eigenvalue weighted by molar-refractivity contribution is 9.10. The summed E-state index contributed by atoms with van der Waals surface area (Å²) < 4.78 is 12.4. The van der Waals surface area contributed by atoms with Crippen molar-refractivity contribution in [1.29, 1.82) is 5.26 Å². The monoisotopic (exact) mass is 405 g/mol. The number of nitriles is 1. The van der Waals surface area contributed by atoms with E-state index in [1.165, 1.54) is 0 Å². The maximum atomic E-state index is 9.24. The van der Waals surface area contributed by atoms with Gasteiger partial charge in [0, 0.05) is 15.4 Å². The van der Waals surface area contributed by atoms with Gasteiger partial charge in [-0.05, 0) is 24.3 Å². The number of benzene rings is 2. The molecule has 1 heterocycles. The normalized spacial score (nSPS) is 10.5. The average Bonchev–Trinajstić information content (AvgIpc) is 2.86. The van der Waals surface area contributed by atoms with E-state index in [-0.39, 0.29) is 5.76 Å². The molecule has 0 saturated carbocycles. The fourth-order valence-electron chi connectivity index (χ4n) is 2.04. The maximum absolute atomic E-state index is 9.24. The second-order valence-electron chi connectivity index (χ2n) is 4.36. The van der Waals surface area contributed by atoms with E-state index in [0.717, 1.165) is 15.4 Å². The Kier molecular flexibility index (Phi) is 4.00. The number of alkyl halides is 1. The third-order valence-electron chi connectivity index (χ3n) is 3.04. The van der Waals surface area contributed by atoms with E-state index in [4.69, 9.17) is 9.15 Å². The standard InChI is InChI=1S/C16H9Br2NO2/c17-8-10-5-6-11(18)7-14(10)21-16-12-3-1-2-4-13(12)20-15(16)9-19/h1-7H,8H2. The molecule has 0 radical (unpaired) electrons. The number of fused-ring (bicyclic) bond motifs is 1. The Morgan fingerprint density at radius 1 is 1.19 bits per heavy atom. The van der Waals surface area contributed by atoms with Crippen LogP contribution in [0.2, 0.25) is 0 Å². The van der Waals surface area contributed by atoms with Crippen molar-refractivity contribution < 1.29 is 9.15 Å². The Bertz CT molecular complexity index is 849. The van der Waals surface area contributed by atoms with Gasteiger partial charge in [-0.25, -0.2) is 0 Å². The molecule has 0 aliphatic rings. The molecule has 0 aliphatic heterocycles.